The summed E-state index contributed by atoms with van der Waals surface area (Å²) < 4.78 is 10.6. The summed E-state index contributed by atoms with van der Waals surface area (Å²) in [7, 11) is 47.4. The van der Waals surface area contributed by atoms with Crippen molar-refractivity contribution in [2.45, 2.75) is 28.4 Å². The van der Waals surface area contributed by atoms with Crippen LogP contribution in [0.25, 0.3) is 22.4 Å². The summed E-state index contributed by atoms with van der Waals surface area (Å²) in [4.78, 5) is 26.5. The number of morpholine rings is 1. The normalized spacial score (nSPS) is 20.6. The molecular weight excluding hydrogens is 421 g/mol. The van der Waals surface area contributed by atoms with Gasteiger partial charge in [0.2, 0.25) is 5.91 Å². The van der Waals surface area contributed by atoms with E-state index in [0.717, 1.165) is 10.3 Å². The van der Waals surface area contributed by atoms with Gasteiger partial charge in [0.05, 0.1) is 81.0 Å². The first-order valence-electron chi connectivity index (χ1n) is 9.92. The van der Waals surface area contributed by atoms with Crippen LogP contribution >= 0.6 is 0 Å². The van der Waals surface area contributed by atoms with Crippen molar-refractivity contribution < 1.29 is 13.9 Å². The van der Waals surface area contributed by atoms with Crippen LogP contribution in [0.4, 0.5) is 5.82 Å². The molecule has 4 heterocycles. The minimum absolute atomic E-state index is 0.168. The van der Waals surface area contributed by atoms with Crippen molar-refractivity contribution in [1.82, 2.24) is 19.9 Å². The van der Waals surface area contributed by atoms with E-state index < -0.39 is 33.9 Å². The van der Waals surface area contributed by atoms with E-state index in [-0.39, 0.29) is 5.82 Å². The number of aromatic nitrogens is 3. The van der Waals surface area contributed by atoms with Gasteiger partial charge >= 0.3 is 0 Å². The van der Waals surface area contributed by atoms with Crippen LogP contribution in [0, 0.1) is 6.92 Å². The van der Waals surface area contributed by atoms with Gasteiger partial charge in [-0.15, -0.1) is 0 Å². The summed E-state index contributed by atoms with van der Waals surface area (Å²) in [5.41, 5.74) is 1.09. The fraction of sp³-hybridized carbons (Fsp3) is 0.333. The van der Waals surface area contributed by atoms with E-state index in [1.54, 1.807) is 31.3 Å². The summed E-state index contributed by atoms with van der Waals surface area (Å²) in [5.74, 6) is 0.495. The zero-order valence-electron chi connectivity index (χ0n) is 18.2. The van der Waals surface area contributed by atoms with Gasteiger partial charge in [0.15, 0.2) is 11.7 Å². The van der Waals surface area contributed by atoms with Gasteiger partial charge in [-0.1, -0.05) is 0 Å². The molecule has 0 unspecified atom stereocenters. The first kappa shape index (κ1) is 24.8. The Morgan fingerprint density at radius 1 is 1.00 bits per heavy atom. The molecule has 1 amide bonds. The Morgan fingerprint density at radius 2 is 1.65 bits per heavy atom. The molecule has 1 N–H and O–H groups in total. The molecular formula is C18H11B8N5O3. The molecule has 0 bridgehead atoms. The molecule has 150 valence electrons. The molecule has 0 spiro atoms. The molecule has 0 aliphatic carbocycles. The van der Waals surface area contributed by atoms with Crippen LogP contribution in [0.15, 0.2) is 35.0 Å². The van der Waals surface area contributed by atoms with Crippen molar-refractivity contribution in [1.29, 1.82) is 0 Å². The van der Waals surface area contributed by atoms with Gasteiger partial charge in [0.1, 0.15) is 11.5 Å². The second kappa shape index (κ2) is 8.12. The minimum atomic E-state index is -2.31. The number of nitrogens with one attached hydrogen (secondary N) is 1. The lowest BCUT2D eigenvalue weighted by Crippen LogP contribution is -2.86. The second-order valence-electron chi connectivity index (χ2n) is 8.18. The molecule has 34 heavy (non-hydrogen) atoms. The molecule has 8 nitrogen and oxygen atoms in total. The van der Waals surface area contributed by atoms with Crippen LogP contribution in [0.2, 0.25) is 0 Å². The lowest BCUT2D eigenvalue weighted by molar-refractivity contribution is -0.131. The zero-order valence-corrected chi connectivity index (χ0v) is 18.2. The topological polar surface area (TPSA) is 93.4 Å². The number of nitrogens with zero attached hydrogens (tertiary/aromatic N) is 4. The predicted octanol–water partition coefficient (Wildman–Crippen LogP) is -2.17. The Morgan fingerprint density at radius 3 is 2.24 bits per heavy atom. The highest BCUT2D eigenvalue weighted by atomic mass is 16.5. The van der Waals surface area contributed by atoms with Crippen molar-refractivity contribution in [2.75, 3.05) is 11.9 Å². The monoisotopic (exact) mass is 433 g/mol. The third-order valence-corrected chi connectivity index (χ3v) is 5.50. The molecule has 1 saturated heterocycles. The van der Waals surface area contributed by atoms with Crippen LogP contribution < -0.4 is 5.32 Å². The Balaban J connectivity index is 1.58. The average Bonchev–Trinajstić information content (AvgIpc) is 3.16. The largest absolute Gasteiger partial charge is 0.439 e. The van der Waals surface area contributed by atoms with Crippen molar-refractivity contribution in [2.24, 2.45) is 0 Å². The number of rotatable bonds is 4. The Hall–Kier alpha value is -2.32. The van der Waals surface area contributed by atoms with Gasteiger partial charge in [-0.3, -0.25) is 4.79 Å². The number of anilines is 1. The van der Waals surface area contributed by atoms with Crippen molar-refractivity contribution in [3.05, 3.63) is 36.5 Å². The van der Waals surface area contributed by atoms with Crippen LogP contribution in [0.5, 0.6) is 0 Å². The Labute approximate surface area is 207 Å². The smallest absolute Gasteiger partial charge is 0.239 e. The lowest BCUT2D eigenvalue weighted by Gasteiger charge is -2.70. The highest BCUT2D eigenvalue weighted by Gasteiger charge is 2.57. The molecule has 0 saturated carbocycles. The molecule has 0 aromatic carbocycles. The number of ether oxygens (including phenoxy) is 1. The molecule has 4 rings (SSSR count). The average molecular weight is 432 g/mol. The molecule has 3 aromatic heterocycles. The van der Waals surface area contributed by atoms with Crippen LogP contribution in [-0.4, -0.2) is 117 Å². The van der Waals surface area contributed by atoms with Gasteiger partial charge in [0.25, 0.3) is 0 Å². The fourth-order valence-electron chi connectivity index (χ4n) is 3.46. The van der Waals surface area contributed by atoms with E-state index in [0.29, 0.717) is 22.9 Å². The summed E-state index contributed by atoms with van der Waals surface area (Å²) in [6.07, 6.45) is 3.10. The van der Waals surface area contributed by atoms with E-state index >= 15 is 0 Å². The molecule has 16 heteroatoms. The third-order valence-electron chi connectivity index (χ3n) is 5.50. The summed E-state index contributed by atoms with van der Waals surface area (Å²) in [5, 5.41) is -5.78. The van der Waals surface area contributed by atoms with E-state index in [1.165, 1.54) is 6.20 Å². The summed E-state index contributed by atoms with van der Waals surface area (Å²) >= 11 is 0. The van der Waals surface area contributed by atoms with Crippen molar-refractivity contribution in [3.8, 4) is 11.5 Å². The molecule has 1 aliphatic heterocycles. The van der Waals surface area contributed by atoms with E-state index in [1.807, 2.05) is 0 Å². The molecule has 3 aromatic rings. The van der Waals surface area contributed by atoms with Gasteiger partial charge in [-0.05, 0) is 33.6 Å². The van der Waals surface area contributed by atoms with Gasteiger partial charge in [-0.2, -0.15) is 0 Å². The number of amides is 1. The van der Waals surface area contributed by atoms with Gasteiger partial charge < -0.3 is 19.4 Å². The second-order valence-corrected chi connectivity index (χ2v) is 8.18. The maximum absolute atomic E-state index is 12.8. The fourth-order valence-corrected chi connectivity index (χ4v) is 3.46. The molecule has 0 atom stereocenters. The maximum atomic E-state index is 12.8. The van der Waals surface area contributed by atoms with E-state index in [9.17, 15) is 4.79 Å². The first-order chi connectivity index (χ1) is 15.6. The van der Waals surface area contributed by atoms with E-state index in [4.69, 9.17) is 71.9 Å². The molecule has 1 fully saturated rings. The number of aryl methyl sites for hydroxylation is 1. The highest BCUT2D eigenvalue weighted by molar-refractivity contribution is 6.59. The summed E-state index contributed by atoms with van der Waals surface area (Å²) in [6, 6.07) is 5.13. The van der Waals surface area contributed by atoms with Crippen molar-refractivity contribution >= 4 is 85.4 Å². The van der Waals surface area contributed by atoms with Crippen LogP contribution in [-0.2, 0) is 9.53 Å². The Bertz CT molecular complexity index is 1240. The maximum Gasteiger partial charge on any atom is 0.239 e. The number of fused-ring (bicyclic) bond motifs is 1. The third kappa shape index (κ3) is 4.15. The van der Waals surface area contributed by atoms with Crippen LogP contribution in [0.3, 0.4) is 0 Å². The quantitative estimate of drug-likeness (QED) is 0.470. The summed E-state index contributed by atoms with van der Waals surface area (Å²) in [6.45, 7) is 1.12. The standard InChI is InChI=1S/C18H11B8N5O3/c1-8-27-6-12(33-8)10-3-2-9-5-28-13(4-11(9)29-10)30-14(32)7-31-15(19,20)17(23,24)34-18(25,26)16(31,21)22/h2-6H,7H2,1H3,(H,28,30,32). The highest BCUT2D eigenvalue weighted by Crippen LogP contribution is 2.39. The van der Waals surface area contributed by atoms with Gasteiger partial charge in [0, 0.05) is 24.6 Å². The van der Waals surface area contributed by atoms with Gasteiger partial charge in [-0.25, -0.2) is 15.0 Å². The molecule has 16 radical (unpaired) electrons. The minimum Gasteiger partial charge on any atom is -0.439 e. The number of carbonyl (C=O) groups is 1. The lowest BCUT2D eigenvalue weighted by atomic mass is 9.30. The Kier molecular flexibility index (Phi) is 5.92. The number of hydrogen-bond donors (Lipinski definition) is 1. The van der Waals surface area contributed by atoms with Crippen molar-refractivity contribution in [3.63, 3.8) is 0 Å². The zero-order chi connectivity index (χ0) is 25.1. The number of hydrogen-bond acceptors (Lipinski definition) is 7. The molecule has 1 aliphatic rings. The number of oxazole rings is 1. The number of carbonyl (C=O) groups excluding carboxylic acids is 1. The SMILES string of the molecule is [B]C1([B])OC([B])([B])C([B])([B])N(CC(=O)Nc2cc3nc(-c4cnc(C)o4)ccc3cn2)C1([B])[B]. The predicted molar refractivity (Wildman–Crippen MR) is 133 cm³/mol. The van der Waals surface area contributed by atoms with Crippen LogP contribution in [0.1, 0.15) is 5.89 Å². The first-order valence-corrected chi connectivity index (χ1v) is 9.92. The van der Waals surface area contributed by atoms with E-state index in [2.05, 4.69) is 20.3 Å². The number of pyridine rings is 2.